The van der Waals surface area contributed by atoms with E-state index in [4.69, 9.17) is 10.5 Å². The lowest BCUT2D eigenvalue weighted by atomic mass is 10.2. The van der Waals surface area contributed by atoms with Crippen molar-refractivity contribution < 1.29 is 32.4 Å². The predicted octanol–water partition coefficient (Wildman–Crippen LogP) is -0.994. The van der Waals surface area contributed by atoms with Gasteiger partial charge >= 0.3 is 1.43 Å². The molecular formula is C19H21ClFN5O3. The number of carbonyl (C=O) groups is 1. The summed E-state index contributed by atoms with van der Waals surface area (Å²) in [5.41, 5.74) is 6.85. The number of carbonyl (C=O) groups excluding carboxylic acids is 1. The van der Waals surface area contributed by atoms with Crippen LogP contribution in [-0.4, -0.2) is 29.3 Å². The van der Waals surface area contributed by atoms with Gasteiger partial charge in [-0.1, -0.05) is 36.4 Å². The van der Waals surface area contributed by atoms with Crippen molar-refractivity contribution >= 4 is 11.7 Å². The standard InChI is InChI=1S/C19H20FN5O3.ClH/c20-15-7-3-1-6-14(15)12-27-16-8-4-2-5-13(16)11-22-9-10-23-19(26)17-18(21)25-28-24-17;/h1-8,22H,9-12H2,(H2,21,25)(H,23,26);1H. The summed E-state index contributed by atoms with van der Waals surface area (Å²) >= 11 is 0. The highest BCUT2D eigenvalue weighted by Gasteiger charge is 2.14. The highest BCUT2D eigenvalue weighted by atomic mass is 35.5. The van der Waals surface area contributed by atoms with Crippen LogP contribution in [-0.2, 0) is 13.2 Å². The average Bonchev–Trinajstić information content (AvgIpc) is 3.14. The summed E-state index contributed by atoms with van der Waals surface area (Å²) in [7, 11) is 0. The van der Waals surface area contributed by atoms with Crippen molar-refractivity contribution in [1.29, 1.82) is 0 Å². The topological polar surface area (TPSA) is 115 Å². The van der Waals surface area contributed by atoms with E-state index in [0.717, 1.165) is 5.56 Å². The normalized spacial score (nSPS) is 10.2. The van der Waals surface area contributed by atoms with Crippen LogP contribution in [0, 0.1) is 5.82 Å². The lowest BCUT2D eigenvalue weighted by molar-refractivity contribution is -0.0000155. The molecule has 1 amide bonds. The molecule has 3 aromatic rings. The van der Waals surface area contributed by atoms with Gasteiger partial charge in [-0.15, -0.1) is 0 Å². The molecule has 0 saturated carbocycles. The van der Waals surface area contributed by atoms with Crippen LogP contribution in [0.15, 0.2) is 53.2 Å². The number of aromatic nitrogens is 2. The van der Waals surface area contributed by atoms with Crippen molar-refractivity contribution in [2.45, 2.75) is 13.2 Å². The molecule has 4 N–H and O–H groups in total. The second-order valence-corrected chi connectivity index (χ2v) is 5.92. The lowest BCUT2D eigenvalue weighted by Crippen LogP contribution is -3.00. The van der Waals surface area contributed by atoms with E-state index in [9.17, 15) is 9.18 Å². The summed E-state index contributed by atoms with van der Waals surface area (Å²) in [6.45, 7) is 1.55. The van der Waals surface area contributed by atoms with Gasteiger partial charge in [0.05, 0.1) is 0 Å². The third-order valence-corrected chi connectivity index (χ3v) is 3.95. The average molecular weight is 422 g/mol. The first kappa shape index (κ1) is 22.1. The fourth-order valence-corrected chi connectivity index (χ4v) is 2.49. The van der Waals surface area contributed by atoms with Crippen LogP contribution in [0.4, 0.5) is 10.2 Å². The summed E-state index contributed by atoms with van der Waals surface area (Å²) < 4.78 is 23.9. The van der Waals surface area contributed by atoms with Crippen LogP contribution in [0.3, 0.4) is 0 Å². The van der Waals surface area contributed by atoms with Gasteiger partial charge in [0.2, 0.25) is 11.5 Å². The molecule has 0 aliphatic rings. The van der Waals surface area contributed by atoms with E-state index >= 15 is 0 Å². The van der Waals surface area contributed by atoms with Crippen molar-refractivity contribution in [1.82, 2.24) is 20.9 Å². The Morgan fingerprint density at radius 1 is 1.10 bits per heavy atom. The Kier molecular flexibility index (Phi) is 8.38. The van der Waals surface area contributed by atoms with Gasteiger partial charge in [-0.05, 0) is 22.4 Å². The number of nitrogens with zero attached hydrogens (tertiary/aromatic N) is 2. The quantitative estimate of drug-likeness (QED) is 0.380. The Balaban J connectivity index is 0.00000225. The molecule has 0 atom stereocenters. The predicted molar refractivity (Wildman–Crippen MR) is 101 cm³/mol. The van der Waals surface area contributed by atoms with E-state index in [1.807, 2.05) is 24.3 Å². The molecule has 8 nitrogen and oxygen atoms in total. The minimum absolute atomic E-state index is 0. The molecule has 29 heavy (non-hydrogen) atoms. The second-order valence-electron chi connectivity index (χ2n) is 5.92. The SMILES string of the molecule is Nc1nonc1C(=O)NCCNCc1ccccc1OCc1ccccc1F.[Cl-].[H+]. The zero-order valence-electron chi connectivity index (χ0n) is 16.4. The number of nitrogens with one attached hydrogen (secondary N) is 2. The molecule has 0 bridgehead atoms. The van der Waals surface area contributed by atoms with Crippen molar-refractivity contribution in [2.24, 2.45) is 0 Å². The van der Waals surface area contributed by atoms with Crippen LogP contribution < -0.4 is 33.5 Å². The molecule has 0 aliphatic heterocycles. The van der Waals surface area contributed by atoms with Crippen molar-refractivity contribution in [2.75, 3.05) is 18.8 Å². The highest BCUT2D eigenvalue weighted by molar-refractivity contribution is 5.95. The largest absolute Gasteiger partial charge is 1.00 e. The molecule has 1 aromatic heterocycles. The molecule has 10 heteroatoms. The Morgan fingerprint density at radius 2 is 1.83 bits per heavy atom. The Bertz CT molecular complexity index is 944. The maximum atomic E-state index is 13.7. The summed E-state index contributed by atoms with van der Waals surface area (Å²) in [6.07, 6.45) is 0. The number of para-hydroxylation sites is 1. The van der Waals surface area contributed by atoms with Gasteiger partial charge in [0.15, 0.2) is 0 Å². The number of rotatable bonds is 9. The number of anilines is 1. The Hall–Kier alpha value is -3.17. The van der Waals surface area contributed by atoms with Crippen molar-refractivity contribution in [3.8, 4) is 5.75 Å². The van der Waals surface area contributed by atoms with E-state index in [1.165, 1.54) is 6.07 Å². The minimum Gasteiger partial charge on any atom is -1.00 e. The maximum Gasteiger partial charge on any atom is 1.00 e. The number of benzene rings is 2. The van der Waals surface area contributed by atoms with E-state index in [1.54, 1.807) is 18.2 Å². The molecule has 0 aliphatic carbocycles. The summed E-state index contributed by atoms with van der Waals surface area (Å²) in [4.78, 5) is 11.8. The van der Waals surface area contributed by atoms with Crippen molar-refractivity contribution in [3.63, 3.8) is 0 Å². The number of halogens is 2. The molecule has 0 radical (unpaired) electrons. The minimum atomic E-state index is -0.450. The monoisotopic (exact) mass is 421 g/mol. The number of hydrogen-bond donors (Lipinski definition) is 3. The van der Waals surface area contributed by atoms with E-state index in [2.05, 4.69) is 25.6 Å². The zero-order valence-corrected chi connectivity index (χ0v) is 16.2. The van der Waals surface area contributed by atoms with Crippen LogP contribution in [0.5, 0.6) is 5.75 Å². The van der Waals surface area contributed by atoms with Gasteiger partial charge in [0.1, 0.15) is 18.2 Å². The van der Waals surface area contributed by atoms with Crippen LogP contribution in [0.1, 0.15) is 23.0 Å². The molecule has 2 aromatic carbocycles. The Morgan fingerprint density at radius 3 is 2.55 bits per heavy atom. The zero-order chi connectivity index (χ0) is 19.8. The molecule has 0 saturated heterocycles. The summed E-state index contributed by atoms with van der Waals surface area (Å²) in [5.74, 6) is -0.124. The third kappa shape index (κ3) is 6.16. The molecule has 0 fully saturated rings. The van der Waals surface area contributed by atoms with E-state index < -0.39 is 5.91 Å². The summed E-state index contributed by atoms with van der Waals surface area (Å²) in [5, 5.41) is 12.7. The fourth-order valence-electron chi connectivity index (χ4n) is 2.49. The smallest absolute Gasteiger partial charge is 1.00 e. The first-order chi connectivity index (χ1) is 13.6. The number of ether oxygens (including phenoxy) is 1. The van der Waals surface area contributed by atoms with Crippen LogP contribution >= 0.6 is 0 Å². The second kappa shape index (κ2) is 11.0. The van der Waals surface area contributed by atoms with Gasteiger partial charge < -0.3 is 33.5 Å². The van der Waals surface area contributed by atoms with Gasteiger partial charge in [-0.3, -0.25) is 4.79 Å². The molecule has 0 unspecified atom stereocenters. The maximum absolute atomic E-state index is 13.7. The number of nitrogens with two attached hydrogens (primary N) is 1. The fraction of sp³-hybridized carbons (Fsp3) is 0.211. The van der Waals surface area contributed by atoms with Gasteiger partial charge in [-0.25, -0.2) is 9.02 Å². The number of nitrogen functional groups attached to an aromatic ring is 1. The number of amides is 1. The summed E-state index contributed by atoms with van der Waals surface area (Å²) in [6, 6.07) is 14.0. The van der Waals surface area contributed by atoms with E-state index in [-0.39, 0.29) is 37.8 Å². The highest BCUT2D eigenvalue weighted by Crippen LogP contribution is 2.20. The van der Waals surface area contributed by atoms with Crippen LogP contribution in [0.2, 0.25) is 0 Å². The van der Waals surface area contributed by atoms with Gasteiger partial charge in [0, 0.05) is 30.8 Å². The first-order valence-corrected chi connectivity index (χ1v) is 8.66. The van der Waals surface area contributed by atoms with Crippen molar-refractivity contribution in [3.05, 3.63) is 71.2 Å². The molecule has 1 heterocycles. The third-order valence-electron chi connectivity index (χ3n) is 3.95. The van der Waals surface area contributed by atoms with Gasteiger partial charge in [-0.2, -0.15) is 0 Å². The molecule has 154 valence electrons. The van der Waals surface area contributed by atoms with Gasteiger partial charge in [0.25, 0.3) is 5.91 Å². The first-order valence-electron chi connectivity index (χ1n) is 8.66. The lowest BCUT2D eigenvalue weighted by Gasteiger charge is -2.13. The van der Waals surface area contributed by atoms with E-state index in [0.29, 0.717) is 30.9 Å². The molecule has 0 spiro atoms. The Labute approximate surface area is 174 Å². The number of hydrogen-bond acceptors (Lipinski definition) is 7. The molecule has 3 rings (SSSR count). The molecular weight excluding hydrogens is 401 g/mol. The van der Waals surface area contributed by atoms with Crippen LogP contribution in [0.25, 0.3) is 0 Å².